The normalized spacial score (nSPS) is 14.7. The fourth-order valence-electron chi connectivity index (χ4n) is 2.27. The van der Waals surface area contributed by atoms with Crippen LogP contribution in [0.4, 0.5) is 10.5 Å². The zero-order valence-corrected chi connectivity index (χ0v) is 13.7. The lowest BCUT2D eigenvalue weighted by atomic mass is 9.90. The van der Waals surface area contributed by atoms with Gasteiger partial charge in [0.05, 0.1) is 6.54 Å². The number of fused-ring (bicyclic) bond motifs is 1. The number of carbonyl (C=O) groups is 1. The Labute approximate surface area is 130 Å². The molecule has 0 aromatic heterocycles. The standard InChI is InChI=1S/C14H16Br2N2O/c15-8-11(16)9-17-14(19)18-13-7-3-5-10-4-1-2-6-12(10)13/h3,5,7-8H,1-2,4,6,9H2,(H2,17,18,19)/b11-8+. The van der Waals surface area contributed by atoms with E-state index in [0.717, 1.165) is 23.0 Å². The van der Waals surface area contributed by atoms with Crippen molar-refractivity contribution in [3.63, 3.8) is 0 Å². The van der Waals surface area contributed by atoms with Crippen LogP contribution in [-0.4, -0.2) is 12.6 Å². The molecule has 2 N–H and O–H groups in total. The third kappa shape index (κ3) is 4.08. The topological polar surface area (TPSA) is 41.1 Å². The average Bonchev–Trinajstić information content (AvgIpc) is 2.45. The highest BCUT2D eigenvalue weighted by atomic mass is 79.9. The quantitative estimate of drug-likeness (QED) is 0.796. The van der Waals surface area contributed by atoms with Crippen LogP contribution in [0.25, 0.3) is 0 Å². The zero-order chi connectivity index (χ0) is 13.7. The maximum Gasteiger partial charge on any atom is 0.319 e. The summed E-state index contributed by atoms with van der Waals surface area (Å²) in [5, 5.41) is 5.73. The highest BCUT2D eigenvalue weighted by molar-refractivity contribution is 9.14. The van der Waals surface area contributed by atoms with Crippen molar-refractivity contribution < 1.29 is 4.79 Å². The van der Waals surface area contributed by atoms with E-state index in [4.69, 9.17) is 0 Å². The first-order valence-electron chi connectivity index (χ1n) is 6.31. The summed E-state index contributed by atoms with van der Waals surface area (Å²) in [6, 6.07) is 5.96. The maximum atomic E-state index is 11.8. The second-order valence-corrected chi connectivity index (χ2v) is 5.99. The number of hydrogen-bond acceptors (Lipinski definition) is 1. The third-order valence-corrected chi connectivity index (χ3v) is 4.86. The number of halogens is 2. The molecular formula is C14H16Br2N2O. The predicted molar refractivity (Wildman–Crippen MR) is 86.0 cm³/mol. The number of benzene rings is 1. The van der Waals surface area contributed by atoms with Gasteiger partial charge in [0, 0.05) is 10.2 Å². The molecule has 0 bridgehead atoms. The van der Waals surface area contributed by atoms with Gasteiger partial charge in [0.2, 0.25) is 0 Å². The van der Waals surface area contributed by atoms with Crippen LogP contribution in [0.3, 0.4) is 0 Å². The summed E-state index contributed by atoms with van der Waals surface area (Å²) in [5.74, 6) is 0. The van der Waals surface area contributed by atoms with E-state index in [-0.39, 0.29) is 6.03 Å². The van der Waals surface area contributed by atoms with Gasteiger partial charge in [0.15, 0.2) is 0 Å². The Bertz CT molecular complexity index is 500. The SMILES string of the molecule is O=C(NC/C(Br)=C\Br)Nc1cccc2c1CCCC2. The van der Waals surface area contributed by atoms with Gasteiger partial charge >= 0.3 is 6.03 Å². The molecule has 0 aliphatic heterocycles. The fourth-order valence-corrected chi connectivity index (χ4v) is 2.57. The van der Waals surface area contributed by atoms with Gasteiger partial charge in [0.25, 0.3) is 0 Å². The van der Waals surface area contributed by atoms with Gasteiger partial charge in [-0.2, -0.15) is 0 Å². The van der Waals surface area contributed by atoms with Crippen LogP contribution in [0.2, 0.25) is 0 Å². The molecule has 1 aliphatic carbocycles. The van der Waals surface area contributed by atoms with E-state index < -0.39 is 0 Å². The van der Waals surface area contributed by atoms with Crippen molar-refractivity contribution in [2.45, 2.75) is 25.7 Å². The zero-order valence-electron chi connectivity index (χ0n) is 10.5. The second-order valence-electron chi connectivity index (χ2n) is 4.51. The Hall–Kier alpha value is -0.810. The molecule has 0 fully saturated rings. The molecule has 0 heterocycles. The van der Waals surface area contributed by atoms with Crippen molar-refractivity contribution in [3.05, 3.63) is 38.8 Å². The lowest BCUT2D eigenvalue weighted by Gasteiger charge is -2.19. The van der Waals surface area contributed by atoms with E-state index in [1.54, 1.807) is 4.99 Å². The predicted octanol–water partition coefficient (Wildman–Crippen LogP) is 4.32. The van der Waals surface area contributed by atoms with Crippen molar-refractivity contribution in [3.8, 4) is 0 Å². The van der Waals surface area contributed by atoms with Crippen LogP contribution in [-0.2, 0) is 12.8 Å². The van der Waals surface area contributed by atoms with Gasteiger partial charge in [-0.3, -0.25) is 0 Å². The minimum Gasteiger partial charge on any atom is -0.333 e. The summed E-state index contributed by atoms with van der Waals surface area (Å²) in [5.41, 5.74) is 3.60. The summed E-state index contributed by atoms with van der Waals surface area (Å²) in [4.78, 5) is 13.6. The number of urea groups is 1. The molecule has 1 aromatic carbocycles. The summed E-state index contributed by atoms with van der Waals surface area (Å²) >= 11 is 6.52. The molecule has 0 unspecified atom stereocenters. The van der Waals surface area contributed by atoms with E-state index in [2.05, 4.69) is 48.6 Å². The van der Waals surface area contributed by atoms with Gasteiger partial charge < -0.3 is 10.6 Å². The molecular weight excluding hydrogens is 372 g/mol. The molecule has 0 spiro atoms. The lowest BCUT2D eigenvalue weighted by Crippen LogP contribution is -2.30. The van der Waals surface area contributed by atoms with Crippen LogP contribution in [0.5, 0.6) is 0 Å². The number of hydrogen-bond donors (Lipinski definition) is 2. The molecule has 2 rings (SSSR count). The first-order valence-corrected chi connectivity index (χ1v) is 8.02. The van der Waals surface area contributed by atoms with Crippen LogP contribution in [0.15, 0.2) is 27.7 Å². The van der Waals surface area contributed by atoms with Crippen molar-refractivity contribution in [1.82, 2.24) is 5.32 Å². The molecule has 3 nitrogen and oxygen atoms in total. The largest absolute Gasteiger partial charge is 0.333 e. The third-order valence-electron chi connectivity index (χ3n) is 3.18. The number of carbonyl (C=O) groups excluding carboxylic acids is 1. The van der Waals surface area contributed by atoms with Gasteiger partial charge in [0.1, 0.15) is 0 Å². The van der Waals surface area contributed by atoms with Crippen molar-refractivity contribution in [2.24, 2.45) is 0 Å². The highest BCUT2D eigenvalue weighted by Crippen LogP contribution is 2.27. The Morgan fingerprint density at radius 3 is 2.89 bits per heavy atom. The van der Waals surface area contributed by atoms with Crippen molar-refractivity contribution >= 4 is 43.6 Å². The Kier molecular flexibility index (Phi) is 5.45. The monoisotopic (exact) mass is 386 g/mol. The molecule has 0 saturated carbocycles. The summed E-state index contributed by atoms with van der Waals surface area (Å²) in [6.45, 7) is 0.464. The summed E-state index contributed by atoms with van der Waals surface area (Å²) in [6.07, 6.45) is 4.61. The minimum atomic E-state index is -0.176. The minimum absolute atomic E-state index is 0.176. The Balaban J connectivity index is 2.01. The van der Waals surface area contributed by atoms with Gasteiger partial charge in [-0.15, -0.1) is 0 Å². The molecule has 0 radical (unpaired) electrons. The van der Waals surface area contributed by atoms with Gasteiger partial charge in [-0.1, -0.05) is 44.0 Å². The van der Waals surface area contributed by atoms with E-state index in [0.29, 0.717) is 6.54 Å². The van der Waals surface area contributed by atoms with Crippen LogP contribution in [0, 0.1) is 0 Å². The molecule has 5 heteroatoms. The Morgan fingerprint density at radius 2 is 2.11 bits per heavy atom. The highest BCUT2D eigenvalue weighted by Gasteiger charge is 2.14. The van der Waals surface area contributed by atoms with Gasteiger partial charge in [-0.25, -0.2) is 4.79 Å². The molecule has 0 atom stereocenters. The number of rotatable bonds is 3. The molecule has 0 saturated heterocycles. The molecule has 1 aromatic rings. The van der Waals surface area contributed by atoms with Crippen molar-refractivity contribution in [2.75, 3.05) is 11.9 Å². The van der Waals surface area contributed by atoms with Crippen LogP contribution < -0.4 is 10.6 Å². The van der Waals surface area contributed by atoms with E-state index >= 15 is 0 Å². The van der Waals surface area contributed by atoms with E-state index in [9.17, 15) is 4.79 Å². The maximum absolute atomic E-state index is 11.8. The number of nitrogens with one attached hydrogen (secondary N) is 2. The second kappa shape index (κ2) is 7.10. The number of anilines is 1. The first-order chi connectivity index (χ1) is 9.20. The lowest BCUT2D eigenvalue weighted by molar-refractivity contribution is 0.253. The Morgan fingerprint density at radius 1 is 1.32 bits per heavy atom. The van der Waals surface area contributed by atoms with E-state index in [1.807, 2.05) is 12.1 Å². The molecule has 19 heavy (non-hydrogen) atoms. The van der Waals surface area contributed by atoms with Crippen LogP contribution in [0.1, 0.15) is 24.0 Å². The number of amides is 2. The van der Waals surface area contributed by atoms with Gasteiger partial charge in [-0.05, 0) is 47.9 Å². The average molecular weight is 388 g/mol. The summed E-state index contributed by atoms with van der Waals surface area (Å²) in [7, 11) is 0. The summed E-state index contributed by atoms with van der Waals surface area (Å²) < 4.78 is 0.887. The van der Waals surface area contributed by atoms with Crippen molar-refractivity contribution in [1.29, 1.82) is 0 Å². The number of aryl methyl sites for hydroxylation is 1. The smallest absolute Gasteiger partial charge is 0.319 e. The molecule has 102 valence electrons. The molecule has 2 amide bonds. The van der Waals surface area contributed by atoms with Crippen LogP contribution >= 0.6 is 31.9 Å². The fraction of sp³-hybridized carbons (Fsp3) is 0.357. The first kappa shape index (κ1) is 14.6. The molecule has 1 aliphatic rings. The van der Waals surface area contributed by atoms with E-state index in [1.165, 1.54) is 24.0 Å².